The molecule has 18 heavy (non-hydrogen) atoms. The van der Waals surface area contributed by atoms with E-state index < -0.39 is 5.97 Å². The predicted octanol–water partition coefficient (Wildman–Crippen LogP) is 0.511. The van der Waals surface area contributed by atoms with E-state index in [-0.39, 0.29) is 5.69 Å². The highest BCUT2D eigenvalue weighted by Crippen LogP contribution is 1.97. The summed E-state index contributed by atoms with van der Waals surface area (Å²) in [5.74, 6) is 5.25. The van der Waals surface area contributed by atoms with E-state index in [0.717, 1.165) is 0 Å². The Morgan fingerprint density at radius 3 is 2.94 bits per heavy atom. The molecule has 0 unspecified atom stereocenters. The topological polar surface area (TPSA) is 69.9 Å². The average Bonchev–Trinajstić information content (AvgIpc) is 2.92. The molecule has 2 rings (SSSR count). The molecule has 90 valence electrons. The molecule has 0 aliphatic heterocycles. The van der Waals surface area contributed by atoms with Gasteiger partial charge in [-0.05, 0) is 18.1 Å². The molecule has 0 saturated carbocycles. The van der Waals surface area contributed by atoms with Crippen LogP contribution in [0, 0.1) is 11.8 Å². The van der Waals surface area contributed by atoms with Crippen LogP contribution in [-0.2, 0) is 11.3 Å². The molecular weight excluding hydrogens is 232 g/mol. The van der Waals surface area contributed by atoms with Gasteiger partial charge in [-0.15, -0.1) is 10.2 Å². The monoisotopic (exact) mass is 242 g/mol. The van der Waals surface area contributed by atoms with Crippen LogP contribution in [0.2, 0.25) is 0 Å². The first-order valence-electron chi connectivity index (χ1n) is 5.16. The molecule has 0 bridgehead atoms. The second-order valence-corrected chi connectivity index (χ2v) is 3.33. The quantitative estimate of drug-likeness (QED) is 0.567. The summed E-state index contributed by atoms with van der Waals surface area (Å²) in [5.41, 5.74) is 0.667. The number of hydrogen-bond donors (Lipinski definition) is 0. The number of esters is 1. The Morgan fingerprint density at radius 1 is 1.44 bits per heavy atom. The van der Waals surface area contributed by atoms with Crippen molar-refractivity contribution in [1.29, 1.82) is 0 Å². The second kappa shape index (κ2) is 5.59. The number of rotatable bonds is 2. The first-order valence-corrected chi connectivity index (χ1v) is 5.16. The molecule has 0 aliphatic carbocycles. The number of hydrogen-bond acceptors (Lipinski definition) is 5. The molecule has 0 spiro atoms. The van der Waals surface area contributed by atoms with Crippen molar-refractivity contribution in [1.82, 2.24) is 19.7 Å². The maximum atomic E-state index is 11.1. The highest BCUT2D eigenvalue weighted by molar-refractivity contribution is 5.86. The van der Waals surface area contributed by atoms with Crippen molar-refractivity contribution in [2.45, 2.75) is 6.54 Å². The lowest BCUT2D eigenvalue weighted by Gasteiger charge is -1.96. The summed E-state index contributed by atoms with van der Waals surface area (Å²) < 4.78 is 6.36. The van der Waals surface area contributed by atoms with E-state index >= 15 is 0 Å². The van der Waals surface area contributed by atoms with E-state index in [4.69, 9.17) is 0 Å². The Kier molecular flexibility index (Phi) is 3.66. The fraction of sp³-hybridized carbons (Fsp3) is 0.167. The Balaban J connectivity index is 2.02. The van der Waals surface area contributed by atoms with Gasteiger partial charge in [0.2, 0.25) is 0 Å². The molecule has 0 radical (unpaired) electrons. The van der Waals surface area contributed by atoms with Crippen LogP contribution in [0.5, 0.6) is 0 Å². The fourth-order valence-electron chi connectivity index (χ4n) is 1.21. The van der Waals surface area contributed by atoms with Crippen LogP contribution in [0.25, 0.3) is 0 Å². The van der Waals surface area contributed by atoms with E-state index in [9.17, 15) is 4.79 Å². The van der Waals surface area contributed by atoms with Gasteiger partial charge in [0.25, 0.3) is 0 Å². The maximum Gasteiger partial charge on any atom is 0.358 e. The molecule has 0 atom stereocenters. The summed E-state index contributed by atoms with van der Waals surface area (Å²) in [6.45, 7) is 0.528. The molecule has 0 N–H and O–H groups in total. The molecule has 0 fully saturated rings. The van der Waals surface area contributed by atoms with Gasteiger partial charge < -0.3 is 9.30 Å². The van der Waals surface area contributed by atoms with Crippen LogP contribution in [0.15, 0.2) is 30.9 Å². The Morgan fingerprint density at radius 2 is 2.33 bits per heavy atom. The third kappa shape index (κ3) is 2.92. The zero-order valence-corrected chi connectivity index (χ0v) is 9.70. The normalized spacial score (nSPS) is 9.39. The SMILES string of the molecule is COC(=O)c1ccc(C#CCn2ccnc2)nn1. The van der Waals surface area contributed by atoms with Gasteiger partial charge in [0.15, 0.2) is 5.69 Å². The van der Waals surface area contributed by atoms with Crippen LogP contribution in [-0.4, -0.2) is 32.8 Å². The number of nitrogens with zero attached hydrogens (tertiary/aromatic N) is 4. The highest BCUT2D eigenvalue weighted by Gasteiger charge is 2.06. The summed E-state index contributed by atoms with van der Waals surface area (Å²) in [4.78, 5) is 15.0. The number of aromatic nitrogens is 4. The molecule has 2 aromatic heterocycles. The van der Waals surface area contributed by atoms with Crippen LogP contribution < -0.4 is 0 Å². The summed E-state index contributed by atoms with van der Waals surface area (Å²) in [6.07, 6.45) is 5.19. The summed E-state index contributed by atoms with van der Waals surface area (Å²) in [6, 6.07) is 3.15. The number of imidazole rings is 1. The second-order valence-electron chi connectivity index (χ2n) is 3.33. The molecule has 0 aliphatic rings. The summed E-state index contributed by atoms with van der Waals surface area (Å²) in [7, 11) is 1.29. The van der Waals surface area contributed by atoms with Crippen LogP contribution >= 0.6 is 0 Å². The number of carbonyl (C=O) groups is 1. The zero-order valence-electron chi connectivity index (χ0n) is 9.70. The van der Waals surface area contributed by atoms with Crippen molar-refractivity contribution in [3.8, 4) is 11.8 Å². The van der Waals surface area contributed by atoms with Gasteiger partial charge in [0.05, 0.1) is 20.0 Å². The van der Waals surface area contributed by atoms with E-state index in [0.29, 0.717) is 12.2 Å². The number of carbonyl (C=O) groups excluding carboxylic acids is 1. The molecule has 0 amide bonds. The van der Waals surface area contributed by atoms with Crippen molar-refractivity contribution >= 4 is 5.97 Å². The van der Waals surface area contributed by atoms with Crippen LogP contribution in [0.3, 0.4) is 0 Å². The largest absolute Gasteiger partial charge is 0.464 e. The van der Waals surface area contributed by atoms with Gasteiger partial charge in [0.1, 0.15) is 5.69 Å². The molecule has 6 nitrogen and oxygen atoms in total. The Hall–Kier alpha value is -2.68. The molecule has 2 aromatic rings. The van der Waals surface area contributed by atoms with E-state index in [1.54, 1.807) is 18.6 Å². The number of methoxy groups -OCH3 is 1. The van der Waals surface area contributed by atoms with Gasteiger partial charge in [-0.1, -0.05) is 5.92 Å². The third-order valence-electron chi connectivity index (χ3n) is 2.10. The van der Waals surface area contributed by atoms with Gasteiger partial charge in [-0.3, -0.25) is 0 Å². The minimum absolute atomic E-state index is 0.164. The van der Waals surface area contributed by atoms with Crippen LogP contribution in [0.1, 0.15) is 16.2 Å². The van der Waals surface area contributed by atoms with Gasteiger partial charge >= 0.3 is 5.97 Å². The standard InChI is InChI=1S/C12H10N4O2/c1-18-12(17)11-5-4-10(14-15-11)3-2-7-16-8-6-13-9-16/h4-6,8-9H,7H2,1H3. The number of ether oxygens (including phenoxy) is 1. The Labute approximate surface area is 104 Å². The summed E-state index contributed by atoms with van der Waals surface area (Å²) >= 11 is 0. The highest BCUT2D eigenvalue weighted by atomic mass is 16.5. The molecule has 6 heteroatoms. The minimum atomic E-state index is -0.513. The van der Waals surface area contributed by atoms with Crippen molar-refractivity contribution < 1.29 is 9.53 Å². The van der Waals surface area contributed by atoms with E-state index in [2.05, 4.69) is 31.8 Å². The van der Waals surface area contributed by atoms with Gasteiger partial charge in [0, 0.05) is 12.4 Å². The van der Waals surface area contributed by atoms with Crippen LogP contribution in [0.4, 0.5) is 0 Å². The first-order chi connectivity index (χ1) is 8.79. The smallest absolute Gasteiger partial charge is 0.358 e. The fourth-order valence-corrected chi connectivity index (χ4v) is 1.21. The van der Waals surface area contributed by atoms with Crippen molar-refractivity contribution in [2.24, 2.45) is 0 Å². The molecule has 0 aromatic carbocycles. The average molecular weight is 242 g/mol. The van der Waals surface area contributed by atoms with E-state index in [1.165, 1.54) is 13.2 Å². The summed E-state index contributed by atoms with van der Waals surface area (Å²) in [5, 5.41) is 7.54. The molecule has 0 saturated heterocycles. The lowest BCUT2D eigenvalue weighted by molar-refractivity contribution is 0.0592. The zero-order chi connectivity index (χ0) is 12.8. The Bertz CT molecular complexity index is 579. The third-order valence-corrected chi connectivity index (χ3v) is 2.10. The van der Waals surface area contributed by atoms with Crippen molar-refractivity contribution in [3.05, 3.63) is 42.2 Å². The van der Waals surface area contributed by atoms with Gasteiger partial charge in [-0.25, -0.2) is 9.78 Å². The maximum absolute atomic E-state index is 11.1. The van der Waals surface area contributed by atoms with E-state index in [1.807, 2.05) is 10.8 Å². The lowest BCUT2D eigenvalue weighted by Crippen LogP contribution is -2.05. The molecular formula is C12H10N4O2. The molecule has 2 heterocycles. The minimum Gasteiger partial charge on any atom is -0.464 e. The van der Waals surface area contributed by atoms with Crippen molar-refractivity contribution in [2.75, 3.05) is 7.11 Å². The predicted molar refractivity (Wildman–Crippen MR) is 62.5 cm³/mol. The van der Waals surface area contributed by atoms with Crippen molar-refractivity contribution in [3.63, 3.8) is 0 Å². The first kappa shape index (κ1) is 11.8. The van der Waals surface area contributed by atoms with Gasteiger partial charge in [-0.2, -0.15) is 0 Å². The lowest BCUT2D eigenvalue weighted by atomic mass is 10.3.